The first-order valence-electron chi connectivity index (χ1n) is 7.55. The lowest BCUT2D eigenvalue weighted by Crippen LogP contribution is -2.15. The van der Waals surface area contributed by atoms with Gasteiger partial charge in [0, 0.05) is 18.0 Å². The number of ether oxygens (including phenoxy) is 2. The number of amidine groups is 1. The van der Waals surface area contributed by atoms with E-state index in [1.165, 1.54) is 11.8 Å². The largest absolute Gasteiger partial charge is 0.462 e. The summed E-state index contributed by atoms with van der Waals surface area (Å²) in [6.07, 6.45) is 0. The first kappa shape index (κ1) is 17.4. The van der Waals surface area contributed by atoms with E-state index in [9.17, 15) is 9.59 Å². The average Bonchev–Trinajstić information content (AvgIpc) is 3.13. The first-order valence-corrected chi connectivity index (χ1v) is 8.53. The highest BCUT2D eigenvalue weighted by molar-refractivity contribution is 8.13. The van der Waals surface area contributed by atoms with Crippen molar-refractivity contribution >= 4 is 28.9 Å². The van der Waals surface area contributed by atoms with Crippen LogP contribution in [0.15, 0.2) is 4.99 Å². The molecule has 7 nitrogen and oxygen atoms in total. The highest BCUT2D eigenvalue weighted by Gasteiger charge is 2.25. The zero-order valence-corrected chi connectivity index (χ0v) is 14.3. The van der Waals surface area contributed by atoms with E-state index < -0.39 is 11.9 Å². The molecule has 0 atom stereocenters. The van der Waals surface area contributed by atoms with Gasteiger partial charge in [-0.25, -0.2) is 9.59 Å². The van der Waals surface area contributed by atoms with Crippen LogP contribution in [0, 0.1) is 6.92 Å². The number of hydrogen-bond donors (Lipinski definition) is 2. The molecule has 1 aromatic heterocycles. The molecule has 23 heavy (non-hydrogen) atoms. The zero-order valence-electron chi connectivity index (χ0n) is 13.5. The van der Waals surface area contributed by atoms with Gasteiger partial charge in [-0.15, -0.1) is 0 Å². The number of rotatable bonds is 6. The summed E-state index contributed by atoms with van der Waals surface area (Å²) in [7, 11) is 0. The van der Waals surface area contributed by atoms with Crippen molar-refractivity contribution in [2.45, 2.75) is 26.5 Å². The second kappa shape index (κ2) is 8.05. The Morgan fingerprint density at radius 2 is 1.91 bits per heavy atom. The smallest absolute Gasteiger partial charge is 0.355 e. The van der Waals surface area contributed by atoms with Crippen LogP contribution in [-0.2, 0) is 15.2 Å². The number of carbonyl (C=O) groups is 2. The van der Waals surface area contributed by atoms with Gasteiger partial charge in [0.25, 0.3) is 0 Å². The summed E-state index contributed by atoms with van der Waals surface area (Å²) in [6.45, 7) is 7.33. The maximum absolute atomic E-state index is 12.2. The van der Waals surface area contributed by atoms with Gasteiger partial charge in [-0.05, 0) is 26.3 Å². The molecule has 0 radical (unpaired) electrons. The normalized spacial score (nSPS) is 13.4. The summed E-state index contributed by atoms with van der Waals surface area (Å²) in [5.41, 5.74) is 1.90. The number of aliphatic imine (C=N–C) groups is 1. The molecule has 0 fully saturated rings. The second-order valence-corrected chi connectivity index (χ2v) is 5.79. The standard InChI is InChI=1S/C15H21N3O4S/c1-4-21-13(19)11-9(3)12(14(20)22-5-2)18-10(11)8-23-15-16-6-7-17-15/h18H,4-8H2,1-3H3,(H,16,17). The molecule has 126 valence electrons. The molecule has 0 saturated heterocycles. The molecule has 0 spiro atoms. The Morgan fingerprint density at radius 3 is 2.52 bits per heavy atom. The first-order chi connectivity index (χ1) is 11.1. The predicted molar refractivity (Wildman–Crippen MR) is 89.0 cm³/mol. The van der Waals surface area contributed by atoms with Crippen LogP contribution in [0.3, 0.4) is 0 Å². The van der Waals surface area contributed by atoms with Gasteiger partial charge in [-0.1, -0.05) is 11.8 Å². The predicted octanol–water partition coefficient (Wildman–Crippen LogP) is 1.87. The fourth-order valence-corrected chi connectivity index (χ4v) is 3.15. The summed E-state index contributed by atoms with van der Waals surface area (Å²) in [5, 5.41) is 3.99. The molecule has 2 heterocycles. The van der Waals surface area contributed by atoms with Gasteiger partial charge in [-0.3, -0.25) is 4.99 Å². The van der Waals surface area contributed by atoms with Gasteiger partial charge in [0.1, 0.15) is 5.69 Å². The third kappa shape index (κ3) is 4.07. The monoisotopic (exact) mass is 339 g/mol. The molecule has 0 aromatic carbocycles. The topological polar surface area (TPSA) is 92.8 Å². The molecule has 0 amide bonds. The number of carbonyl (C=O) groups excluding carboxylic acids is 2. The van der Waals surface area contributed by atoms with Crippen molar-refractivity contribution in [1.82, 2.24) is 10.3 Å². The second-order valence-electron chi connectivity index (χ2n) is 4.82. The number of aromatic nitrogens is 1. The number of thioether (sulfide) groups is 1. The van der Waals surface area contributed by atoms with Crippen LogP contribution < -0.4 is 5.32 Å². The number of aromatic amines is 1. The molecule has 0 aliphatic carbocycles. The number of hydrogen-bond acceptors (Lipinski definition) is 7. The van der Waals surface area contributed by atoms with Crippen molar-refractivity contribution in [3.8, 4) is 0 Å². The molecule has 2 rings (SSSR count). The molecule has 1 aromatic rings. The Kier molecular flexibility index (Phi) is 6.09. The lowest BCUT2D eigenvalue weighted by molar-refractivity contribution is 0.0518. The number of esters is 2. The van der Waals surface area contributed by atoms with E-state index in [0.29, 0.717) is 28.3 Å². The van der Waals surface area contributed by atoms with E-state index >= 15 is 0 Å². The Labute approximate surface area is 139 Å². The van der Waals surface area contributed by atoms with Gasteiger partial charge in [0.2, 0.25) is 0 Å². The maximum Gasteiger partial charge on any atom is 0.355 e. The fraction of sp³-hybridized carbons (Fsp3) is 0.533. The van der Waals surface area contributed by atoms with Gasteiger partial charge < -0.3 is 19.8 Å². The van der Waals surface area contributed by atoms with Crippen molar-refractivity contribution in [2.24, 2.45) is 4.99 Å². The Morgan fingerprint density at radius 1 is 1.22 bits per heavy atom. The quantitative estimate of drug-likeness (QED) is 0.769. The van der Waals surface area contributed by atoms with Crippen LogP contribution in [0.5, 0.6) is 0 Å². The lowest BCUT2D eigenvalue weighted by Gasteiger charge is -2.05. The minimum absolute atomic E-state index is 0.275. The summed E-state index contributed by atoms with van der Waals surface area (Å²) < 4.78 is 10.1. The van der Waals surface area contributed by atoms with Crippen molar-refractivity contribution in [2.75, 3.05) is 26.3 Å². The van der Waals surface area contributed by atoms with Crippen molar-refractivity contribution in [1.29, 1.82) is 0 Å². The molecule has 0 saturated carbocycles. The van der Waals surface area contributed by atoms with Crippen LogP contribution in [0.25, 0.3) is 0 Å². The SMILES string of the molecule is CCOC(=O)c1[nH]c(CSC2=NCCN2)c(C(=O)OCC)c1C. The van der Waals surface area contributed by atoms with E-state index in [2.05, 4.69) is 15.3 Å². The summed E-state index contributed by atoms with van der Waals surface area (Å²) >= 11 is 1.48. The van der Waals surface area contributed by atoms with Crippen molar-refractivity contribution in [3.05, 3.63) is 22.5 Å². The number of nitrogens with zero attached hydrogens (tertiary/aromatic N) is 1. The third-order valence-corrected chi connectivity index (χ3v) is 4.26. The Hall–Kier alpha value is -1.96. The van der Waals surface area contributed by atoms with Gasteiger partial charge in [0.05, 0.1) is 25.3 Å². The maximum atomic E-state index is 12.2. The van der Waals surface area contributed by atoms with Crippen molar-refractivity contribution in [3.63, 3.8) is 0 Å². The zero-order chi connectivity index (χ0) is 16.8. The van der Waals surface area contributed by atoms with Gasteiger partial charge >= 0.3 is 11.9 Å². The molecule has 1 aliphatic heterocycles. The summed E-state index contributed by atoms with van der Waals surface area (Å²) in [4.78, 5) is 31.6. The Balaban J connectivity index is 2.27. The lowest BCUT2D eigenvalue weighted by atomic mass is 10.1. The fourth-order valence-electron chi connectivity index (χ4n) is 2.27. The molecule has 1 aliphatic rings. The van der Waals surface area contributed by atoms with Crippen LogP contribution in [0.2, 0.25) is 0 Å². The van der Waals surface area contributed by atoms with Gasteiger partial charge in [-0.2, -0.15) is 0 Å². The minimum atomic E-state index is -0.469. The Bertz CT molecular complexity index is 624. The third-order valence-electron chi connectivity index (χ3n) is 3.28. The van der Waals surface area contributed by atoms with Crippen LogP contribution in [0.1, 0.15) is 46.0 Å². The summed E-state index contributed by atoms with van der Waals surface area (Å²) in [6, 6.07) is 0. The molecular weight excluding hydrogens is 318 g/mol. The van der Waals surface area contributed by atoms with Crippen molar-refractivity contribution < 1.29 is 19.1 Å². The number of nitrogens with one attached hydrogen (secondary N) is 2. The molecule has 0 unspecified atom stereocenters. The highest BCUT2D eigenvalue weighted by Crippen LogP contribution is 2.25. The molecule has 2 N–H and O–H groups in total. The van der Waals surface area contributed by atoms with E-state index in [1.807, 2.05) is 0 Å². The molecule has 8 heteroatoms. The average molecular weight is 339 g/mol. The molecular formula is C15H21N3O4S. The van der Waals surface area contributed by atoms with E-state index in [0.717, 1.165) is 18.3 Å². The van der Waals surface area contributed by atoms with E-state index in [4.69, 9.17) is 9.47 Å². The number of H-pyrrole nitrogens is 1. The van der Waals surface area contributed by atoms with Crippen LogP contribution in [-0.4, -0.2) is 48.4 Å². The minimum Gasteiger partial charge on any atom is -0.462 e. The summed E-state index contributed by atoms with van der Waals surface area (Å²) in [5.74, 6) is -0.419. The highest BCUT2D eigenvalue weighted by atomic mass is 32.2. The van der Waals surface area contributed by atoms with Crippen LogP contribution >= 0.6 is 11.8 Å². The molecule has 0 bridgehead atoms. The van der Waals surface area contributed by atoms with Gasteiger partial charge in [0.15, 0.2) is 5.17 Å². The van der Waals surface area contributed by atoms with Crippen LogP contribution in [0.4, 0.5) is 0 Å². The van der Waals surface area contributed by atoms with E-state index in [-0.39, 0.29) is 13.2 Å². The van der Waals surface area contributed by atoms with E-state index in [1.54, 1.807) is 20.8 Å².